The standard InChI is InChI=1S/C24H25N3O3/c1-13-9-10-17-20(14(13)2)25-23(30)24(17)19-18(15(3)26-24)21(28)27(22(19)29)12-11-16-7-5-4-6-8-16/h4-10,15,18-19,26H,11-12H2,1-3H3,(H,25,30)/t15-,18-,19+,24-/m1/s1. The van der Waals surface area contributed by atoms with E-state index in [1.807, 2.05) is 63.2 Å². The van der Waals surface area contributed by atoms with Crippen molar-refractivity contribution in [3.8, 4) is 0 Å². The molecule has 2 saturated heterocycles. The Kier molecular flexibility index (Phi) is 4.12. The molecule has 30 heavy (non-hydrogen) atoms. The number of nitrogens with zero attached hydrogens (tertiary/aromatic N) is 1. The number of carbonyl (C=O) groups is 3. The van der Waals surface area contributed by atoms with Gasteiger partial charge in [0.1, 0.15) is 5.54 Å². The van der Waals surface area contributed by atoms with Crippen molar-refractivity contribution in [3.05, 3.63) is 64.7 Å². The van der Waals surface area contributed by atoms with Crippen LogP contribution < -0.4 is 10.6 Å². The number of imide groups is 1. The molecule has 3 aliphatic rings. The molecular formula is C24H25N3O3. The highest BCUT2D eigenvalue weighted by Gasteiger charge is 2.69. The number of hydrogen-bond acceptors (Lipinski definition) is 4. The van der Waals surface area contributed by atoms with Crippen LogP contribution in [0.3, 0.4) is 0 Å². The molecule has 0 unspecified atom stereocenters. The van der Waals surface area contributed by atoms with Crippen LogP contribution in [-0.4, -0.2) is 35.2 Å². The molecule has 5 rings (SSSR count). The van der Waals surface area contributed by atoms with E-state index in [-0.39, 0.29) is 23.8 Å². The van der Waals surface area contributed by atoms with E-state index in [1.54, 1.807) is 0 Å². The van der Waals surface area contributed by atoms with Crippen molar-refractivity contribution < 1.29 is 14.4 Å². The second-order valence-electron chi connectivity index (χ2n) is 8.69. The number of nitrogens with one attached hydrogen (secondary N) is 2. The summed E-state index contributed by atoms with van der Waals surface area (Å²) in [5.41, 5.74) is 3.50. The average Bonchev–Trinajstić information content (AvgIpc) is 3.29. The molecule has 3 amide bonds. The molecule has 0 aliphatic carbocycles. The van der Waals surface area contributed by atoms with Crippen molar-refractivity contribution in [1.29, 1.82) is 0 Å². The zero-order valence-corrected chi connectivity index (χ0v) is 17.4. The molecule has 6 nitrogen and oxygen atoms in total. The van der Waals surface area contributed by atoms with Crippen molar-refractivity contribution in [2.45, 2.75) is 38.8 Å². The smallest absolute Gasteiger partial charge is 0.250 e. The molecule has 3 aliphatic heterocycles. The van der Waals surface area contributed by atoms with Gasteiger partial charge in [0.05, 0.1) is 11.8 Å². The Hall–Kier alpha value is -2.99. The molecule has 6 heteroatoms. The van der Waals surface area contributed by atoms with Gasteiger partial charge in [-0.1, -0.05) is 42.5 Å². The molecule has 1 spiro atoms. The Morgan fingerprint density at radius 2 is 1.73 bits per heavy atom. The van der Waals surface area contributed by atoms with Crippen LogP contribution in [0.25, 0.3) is 0 Å². The molecule has 0 radical (unpaired) electrons. The van der Waals surface area contributed by atoms with Crippen molar-refractivity contribution in [2.75, 3.05) is 11.9 Å². The van der Waals surface area contributed by atoms with Crippen LogP contribution in [0.4, 0.5) is 5.69 Å². The zero-order valence-electron chi connectivity index (χ0n) is 17.4. The van der Waals surface area contributed by atoms with E-state index in [1.165, 1.54) is 4.90 Å². The summed E-state index contributed by atoms with van der Waals surface area (Å²) in [6.45, 7) is 6.19. The van der Waals surface area contributed by atoms with Gasteiger partial charge < -0.3 is 5.32 Å². The van der Waals surface area contributed by atoms with E-state index in [0.29, 0.717) is 13.0 Å². The van der Waals surface area contributed by atoms with E-state index in [2.05, 4.69) is 10.6 Å². The maximum atomic E-state index is 13.5. The lowest BCUT2D eigenvalue weighted by Gasteiger charge is -2.29. The normalized spacial score (nSPS) is 29.5. The van der Waals surface area contributed by atoms with Gasteiger partial charge in [-0.2, -0.15) is 0 Å². The summed E-state index contributed by atoms with van der Waals surface area (Å²) in [4.78, 5) is 41.4. The summed E-state index contributed by atoms with van der Waals surface area (Å²) < 4.78 is 0. The fraction of sp³-hybridized carbons (Fsp3) is 0.375. The van der Waals surface area contributed by atoms with E-state index >= 15 is 0 Å². The van der Waals surface area contributed by atoms with Gasteiger partial charge in [0.15, 0.2) is 0 Å². The quantitative estimate of drug-likeness (QED) is 0.771. The number of carbonyl (C=O) groups excluding carboxylic acids is 3. The third-order valence-corrected chi connectivity index (χ3v) is 7.13. The molecule has 0 aromatic heterocycles. The van der Waals surface area contributed by atoms with Crippen LogP contribution >= 0.6 is 0 Å². The maximum Gasteiger partial charge on any atom is 0.250 e. The first kappa shape index (κ1) is 19.0. The number of fused-ring (bicyclic) bond motifs is 4. The molecule has 2 aromatic carbocycles. The summed E-state index contributed by atoms with van der Waals surface area (Å²) in [6.07, 6.45) is 0.605. The third-order valence-electron chi connectivity index (χ3n) is 7.13. The van der Waals surface area contributed by atoms with Crippen LogP contribution in [0.15, 0.2) is 42.5 Å². The topological polar surface area (TPSA) is 78.5 Å². The third kappa shape index (κ3) is 2.37. The molecule has 0 saturated carbocycles. The van der Waals surface area contributed by atoms with Crippen LogP contribution in [0.1, 0.15) is 29.2 Å². The van der Waals surface area contributed by atoms with Gasteiger partial charge in [0.2, 0.25) is 17.7 Å². The molecule has 2 aromatic rings. The fourth-order valence-corrected chi connectivity index (χ4v) is 5.45. The second-order valence-corrected chi connectivity index (χ2v) is 8.69. The molecule has 3 heterocycles. The van der Waals surface area contributed by atoms with Crippen molar-refractivity contribution in [1.82, 2.24) is 10.2 Å². The highest BCUT2D eigenvalue weighted by molar-refractivity contribution is 6.15. The van der Waals surface area contributed by atoms with Crippen molar-refractivity contribution >= 4 is 23.4 Å². The number of amides is 3. The number of anilines is 1. The first-order valence-electron chi connectivity index (χ1n) is 10.4. The van der Waals surface area contributed by atoms with Crippen molar-refractivity contribution in [2.24, 2.45) is 11.8 Å². The molecule has 154 valence electrons. The summed E-state index contributed by atoms with van der Waals surface area (Å²) in [5.74, 6) is -1.93. The second kappa shape index (κ2) is 6.51. The van der Waals surface area contributed by atoms with E-state index < -0.39 is 17.4 Å². The zero-order chi connectivity index (χ0) is 21.2. The largest absolute Gasteiger partial charge is 0.324 e. The van der Waals surface area contributed by atoms with Crippen LogP contribution in [0, 0.1) is 25.7 Å². The lowest BCUT2D eigenvalue weighted by molar-refractivity contribution is -0.142. The minimum absolute atomic E-state index is 0.178. The number of rotatable bonds is 3. The predicted octanol–water partition coefficient (Wildman–Crippen LogP) is 2.29. The Morgan fingerprint density at radius 1 is 1.00 bits per heavy atom. The summed E-state index contributed by atoms with van der Waals surface area (Å²) in [5, 5.41) is 6.36. The maximum absolute atomic E-state index is 13.5. The number of aryl methyl sites for hydroxylation is 1. The number of likely N-dealkylation sites (tertiary alicyclic amines) is 1. The van der Waals surface area contributed by atoms with E-state index in [0.717, 1.165) is 27.9 Å². The molecule has 4 atom stereocenters. The lowest BCUT2D eigenvalue weighted by atomic mass is 9.76. The molecule has 0 bridgehead atoms. The lowest BCUT2D eigenvalue weighted by Crippen LogP contribution is -2.53. The highest BCUT2D eigenvalue weighted by atomic mass is 16.2. The van der Waals surface area contributed by atoms with Gasteiger partial charge in [-0.15, -0.1) is 0 Å². The molecule has 2 fully saturated rings. The average molecular weight is 403 g/mol. The number of benzene rings is 2. The summed E-state index contributed by atoms with van der Waals surface area (Å²) >= 11 is 0. The first-order valence-corrected chi connectivity index (χ1v) is 10.4. The van der Waals surface area contributed by atoms with Crippen molar-refractivity contribution in [3.63, 3.8) is 0 Å². The van der Waals surface area contributed by atoms with Gasteiger partial charge in [0.25, 0.3) is 0 Å². The Bertz CT molecular complexity index is 1080. The predicted molar refractivity (Wildman–Crippen MR) is 113 cm³/mol. The minimum Gasteiger partial charge on any atom is -0.324 e. The van der Waals surface area contributed by atoms with Gasteiger partial charge in [-0.3, -0.25) is 24.6 Å². The van der Waals surface area contributed by atoms with Crippen LogP contribution in [-0.2, 0) is 26.3 Å². The Labute approximate surface area is 175 Å². The van der Waals surface area contributed by atoms with Gasteiger partial charge in [-0.25, -0.2) is 0 Å². The summed E-state index contributed by atoms with van der Waals surface area (Å²) in [6, 6.07) is 13.4. The van der Waals surface area contributed by atoms with E-state index in [9.17, 15) is 14.4 Å². The summed E-state index contributed by atoms with van der Waals surface area (Å²) in [7, 11) is 0. The fourth-order valence-electron chi connectivity index (χ4n) is 5.45. The van der Waals surface area contributed by atoms with Crippen LogP contribution in [0.2, 0.25) is 0 Å². The monoisotopic (exact) mass is 403 g/mol. The minimum atomic E-state index is -1.19. The SMILES string of the molecule is Cc1ccc2c(c1C)NC(=O)[C@@]21N[C@H](C)[C@H]2C(=O)N(CCc3ccccc3)C(=O)[C@H]21. The number of hydrogen-bond donors (Lipinski definition) is 2. The van der Waals surface area contributed by atoms with Gasteiger partial charge in [0, 0.05) is 23.8 Å². The molecule has 2 N–H and O–H groups in total. The van der Waals surface area contributed by atoms with Gasteiger partial charge >= 0.3 is 0 Å². The Balaban J connectivity index is 1.53. The highest BCUT2D eigenvalue weighted by Crippen LogP contribution is 2.53. The molecular weight excluding hydrogens is 378 g/mol. The van der Waals surface area contributed by atoms with E-state index in [4.69, 9.17) is 0 Å². The van der Waals surface area contributed by atoms with Gasteiger partial charge in [-0.05, 0) is 43.9 Å². The first-order chi connectivity index (χ1) is 14.4. The van der Waals surface area contributed by atoms with Crippen LogP contribution in [0.5, 0.6) is 0 Å². The Morgan fingerprint density at radius 3 is 2.47 bits per heavy atom.